The number of fused-ring (bicyclic) bond motifs is 1. The molecule has 4 rings (SSSR count). The van der Waals surface area contributed by atoms with Crippen LogP contribution < -0.4 is 10.1 Å². The summed E-state index contributed by atoms with van der Waals surface area (Å²) in [4.78, 5) is 16.5. The molecule has 0 saturated heterocycles. The quantitative estimate of drug-likeness (QED) is 0.675. The first-order chi connectivity index (χ1) is 14.1. The second-order valence-electron chi connectivity index (χ2n) is 7.16. The van der Waals surface area contributed by atoms with E-state index in [9.17, 15) is 4.79 Å². The summed E-state index contributed by atoms with van der Waals surface area (Å²) in [5.41, 5.74) is 0.564. The summed E-state index contributed by atoms with van der Waals surface area (Å²) in [5.74, 6) is 2.29. The van der Waals surface area contributed by atoms with Crippen molar-refractivity contribution in [1.82, 2.24) is 25.0 Å². The highest BCUT2D eigenvalue weighted by Crippen LogP contribution is 2.19. The second-order valence-corrected chi connectivity index (χ2v) is 8.19. The minimum absolute atomic E-state index is 0.151. The molecule has 0 spiro atoms. The molecule has 1 aromatic carbocycles. The number of hydrogen-bond donors (Lipinski definition) is 1. The monoisotopic (exact) mass is 411 g/mol. The van der Waals surface area contributed by atoms with E-state index in [0.717, 1.165) is 44.2 Å². The van der Waals surface area contributed by atoms with Crippen molar-refractivity contribution in [3.05, 3.63) is 63.9 Å². The number of rotatable bonds is 6. The molecule has 7 nitrogen and oxygen atoms in total. The lowest BCUT2D eigenvalue weighted by Crippen LogP contribution is -2.30. The zero-order chi connectivity index (χ0) is 20.2. The van der Waals surface area contributed by atoms with E-state index in [1.54, 1.807) is 30.6 Å². The molecule has 1 N–H and O–H groups in total. The van der Waals surface area contributed by atoms with Gasteiger partial charge in [-0.15, -0.1) is 21.5 Å². The van der Waals surface area contributed by atoms with Gasteiger partial charge in [0.2, 0.25) is 0 Å². The number of benzene rings is 1. The zero-order valence-electron chi connectivity index (χ0n) is 16.7. The van der Waals surface area contributed by atoms with E-state index in [4.69, 9.17) is 4.74 Å². The molecule has 0 aliphatic carbocycles. The maximum atomic E-state index is 12.7. The van der Waals surface area contributed by atoms with Crippen LogP contribution in [0.4, 0.5) is 0 Å². The number of nitrogens with one attached hydrogen (secondary N) is 1. The van der Waals surface area contributed by atoms with E-state index in [-0.39, 0.29) is 11.9 Å². The Balaban J connectivity index is 1.43. The molecule has 0 bridgehead atoms. The van der Waals surface area contributed by atoms with Gasteiger partial charge in [0.1, 0.15) is 11.6 Å². The van der Waals surface area contributed by atoms with Crippen LogP contribution in [-0.4, -0.2) is 45.8 Å². The Morgan fingerprint density at radius 3 is 2.93 bits per heavy atom. The van der Waals surface area contributed by atoms with Gasteiger partial charge in [0.25, 0.3) is 5.91 Å². The van der Waals surface area contributed by atoms with Crippen LogP contribution in [0.1, 0.15) is 39.8 Å². The Hall–Kier alpha value is -2.71. The lowest BCUT2D eigenvalue weighted by Gasteiger charge is -2.19. The summed E-state index contributed by atoms with van der Waals surface area (Å²) in [6.07, 6.45) is 0.856. The van der Waals surface area contributed by atoms with Gasteiger partial charge in [-0.2, -0.15) is 0 Å². The summed E-state index contributed by atoms with van der Waals surface area (Å²) < 4.78 is 7.37. The topological polar surface area (TPSA) is 72.3 Å². The van der Waals surface area contributed by atoms with Crippen molar-refractivity contribution >= 4 is 17.2 Å². The first-order valence-electron chi connectivity index (χ1n) is 9.75. The molecule has 1 unspecified atom stereocenters. The van der Waals surface area contributed by atoms with Gasteiger partial charge in [-0.05, 0) is 36.6 Å². The number of aromatic nitrogens is 3. The molecular weight excluding hydrogens is 386 g/mol. The maximum Gasteiger partial charge on any atom is 0.251 e. The minimum atomic E-state index is -0.237. The van der Waals surface area contributed by atoms with Crippen molar-refractivity contribution in [1.29, 1.82) is 0 Å². The first kappa shape index (κ1) is 19.6. The van der Waals surface area contributed by atoms with Crippen molar-refractivity contribution in [2.45, 2.75) is 32.5 Å². The lowest BCUT2D eigenvalue weighted by atomic mass is 10.2. The van der Waals surface area contributed by atoms with E-state index >= 15 is 0 Å². The van der Waals surface area contributed by atoms with Crippen molar-refractivity contribution < 1.29 is 9.53 Å². The third-order valence-corrected chi connectivity index (χ3v) is 6.03. The maximum absolute atomic E-state index is 12.7. The van der Waals surface area contributed by atoms with Gasteiger partial charge in [0, 0.05) is 43.0 Å². The number of carbonyl (C=O) groups is 1. The Kier molecular flexibility index (Phi) is 5.92. The Morgan fingerprint density at radius 1 is 1.24 bits per heavy atom. The van der Waals surface area contributed by atoms with Crippen LogP contribution in [0.3, 0.4) is 0 Å². The van der Waals surface area contributed by atoms with Gasteiger partial charge in [-0.1, -0.05) is 12.1 Å². The van der Waals surface area contributed by atoms with Crippen LogP contribution >= 0.6 is 11.3 Å². The largest absolute Gasteiger partial charge is 0.497 e. The van der Waals surface area contributed by atoms with E-state index < -0.39 is 0 Å². The number of amides is 1. The van der Waals surface area contributed by atoms with Crippen LogP contribution in [0.25, 0.3) is 0 Å². The van der Waals surface area contributed by atoms with Crippen LogP contribution in [0, 0.1) is 0 Å². The number of carbonyl (C=O) groups excluding carboxylic acids is 1. The number of thiophene rings is 1. The molecule has 2 aromatic heterocycles. The average molecular weight is 412 g/mol. The summed E-state index contributed by atoms with van der Waals surface area (Å²) >= 11 is 1.79. The summed E-state index contributed by atoms with van der Waals surface area (Å²) in [5, 5.41) is 13.9. The summed E-state index contributed by atoms with van der Waals surface area (Å²) in [6, 6.07) is 11.2. The molecule has 1 amide bonds. The average Bonchev–Trinajstić information content (AvgIpc) is 3.35. The molecule has 0 fully saturated rings. The number of hydrogen-bond acceptors (Lipinski definition) is 6. The fraction of sp³-hybridized carbons (Fsp3) is 0.381. The summed E-state index contributed by atoms with van der Waals surface area (Å²) in [6.45, 7) is 5.63. The van der Waals surface area contributed by atoms with Crippen molar-refractivity contribution in [2.75, 3.05) is 20.2 Å². The van der Waals surface area contributed by atoms with Gasteiger partial charge in [0.15, 0.2) is 5.82 Å². The molecule has 3 aromatic rings. The molecule has 0 radical (unpaired) electrons. The lowest BCUT2D eigenvalue weighted by molar-refractivity contribution is 0.0937. The predicted molar refractivity (Wildman–Crippen MR) is 112 cm³/mol. The highest BCUT2D eigenvalue weighted by molar-refractivity contribution is 7.09. The van der Waals surface area contributed by atoms with Gasteiger partial charge >= 0.3 is 0 Å². The highest BCUT2D eigenvalue weighted by Gasteiger charge is 2.23. The molecule has 1 aliphatic heterocycles. The van der Waals surface area contributed by atoms with E-state index in [0.29, 0.717) is 11.3 Å². The molecule has 1 atom stereocenters. The first-order valence-corrected chi connectivity index (χ1v) is 10.6. The van der Waals surface area contributed by atoms with Crippen LogP contribution in [0.2, 0.25) is 0 Å². The SMILES string of the molecule is COc1cccc(C(=O)NC(C)c2nnc3n2CCN(Cc2cccs2)CC3)c1. The fourth-order valence-electron chi connectivity index (χ4n) is 3.60. The summed E-state index contributed by atoms with van der Waals surface area (Å²) in [7, 11) is 1.59. The van der Waals surface area contributed by atoms with Gasteiger partial charge in [0.05, 0.1) is 13.2 Å². The van der Waals surface area contributed by atoms with Gasteiger partial charge < -0.3 is 14.6 Å². The molecule has 8 heteroatoms. The third kappa shape index (κ3) is 4.49. The Labute approximate surface area is 174 Å². The smallest absolute Gasteiger partial charge is 0.251 e. The fourth-order valence-corrected chi connectivity index (χ4v) is 4.35. The zero-order valence-corrected chi connectivity index (χ0v) is 17.5. The standard InChI is InChI=1S/C21H25N5O2S/c1-15(22-21(27)16-5-3-6-17(13-16)28-2)20-24-23-19-8-9-25(10-11-26(19)20)14-18-7-4-12-29-18/h3-7,12-13,15H,8-11,14H2,1-2H3,(H,22,27). The van der Waals surface area contributed by atoms with Crippen molar-refractivity contribution in [2.24, 2.45) is 0 Å². The minimum Gasteiger partial charge on any atom is -0.497 e. The molecule has 29 heavy (non-hydrogen) atoms. The van der Waals surface area contributed by atoms with E-state index in [2.05, 4.69) is 42.5 Å². The highest BCUT2D eigenvalue weighted by atomic mass is 32.1. The van der Waals surface area contributed by atoms with Crippen LogP contribution in [0.15, 0.2) is 41.8 Å². The molecule has 152 valence electrons. The predicted octanol–water partition coefficient (Wildman–Crippen LogP) is 2.90. The second kappa shape index (κ2) is 8.75. The van der Waals surface area contributed by atoms with Crippen molar-refractivity contribution in [3.8, 4) is 5.75 Å². The normalized spacial score (nSPS) is 15.4. The van der Waals surface area contributed by atoms with Crippen LogP contribution in [-0.2, 0) is 19.5 Å². The Morgan fingerprint density at radius 2 is 2.14 bits per heavy atom. The molecular formula is C21H25N5O2S. The third-order valence-electron chi connectivity index (χ3n) is 5.17. The molecule has 3 heterocycles. The van der Waals surface area contributed by atoms with Gasteiger partial charge in [-0.3, -0.25) is 9.69 Å². The number of nitrogens with zero attached hydrogens (tertiary/aromatic N) is 4. The molecule has 1 aliphatic rings. The van der Waals surface area contributed by atoms with E-state index in [1.165, 1.54) is 4.88 Å². The number of methoxy groups -OCH3 is 1. The van der Waals surface area contributed by atoms with Crippen molar-refractivity contribution in [3.63, 3.8) is 0 Å². The molecule has 0 saturated carbocycles. The van der Waals surface area contributed by atoms with Crippen LogP contribution in [0.5, 0.6) is 5.75 Å². The Bertz CT molecular complexity index is 969. The van der Waals surface area contributed by atoms with Gasteiger partial charge in [-0.25, -0.2) is 0 Å². The van der Waals surface area contributed by atoms with E-state index in [1.807, 2.05) is 19.1 Å². The number of ether oxygens (including phenoxy) is 1.